The average molecular weight is 1330 g/mol. The van der Waals surface area contributed by atoms with Crippen LogP contribution in [0.3, 0.4) is 0 Å². The number of hydrogen-bond acceptors (Lipinski definition) is 24. The van der Waals surface area contributed by atoms with Crippen LogP contribution in [0, 0.1) is 0 Å². The number of rotatable bonds is 50. The molecular weight excluding hydrogens is 1200 g/mol. The maximum atomic E-state index is 13.7. The lowest BCUT2D eigenvalue weighted by atomic mass is 9.96. The van der Waals surface area contributed by atoms with Gasteiger partial charge in [0.05, 0.1) is 44.7 Å². The fraction of sp³-hybridized carbons (Fsp3) is 0.970. The number of hydrogen-bond donors (Lipinski definition) is 16. The van der Waals surface area contributed by atoms with Crippen LogP contribution in [0.4, 0.5) is 0 Å². The lowest BCUT2D eigenvalue weighted by Gasteiger charge is -2.47. The minimum atomic E-state index is -2.09. The summed E-state index contributed by atoms with van der Waals surface area (Å²) in [6.45, 7) is 3.98. The summed E-state index contributed by atoms with van der Waals surface area (Å²) in [5.74, 6) is -1.53. The van der Waals surface area contributed by atoms with Gasteiger partial charge in [0.2, 0.25) is 11.8 Å². The predicted molar refractivity (Wildman–Crippen MR) is 337 cm³/mol. The maximum absolute atomic E-state index is 13.7. The first-order chi connectivity index (χ1) is 44.2. The van der Waals surface area contributed by atoms with Crippen LogP contribution in [0.15, 0.2) is 0 Å². The Kier molecular flexibility index (Phi) is 41.6. The van der Waals surface area contributed by atoms with Crippen LogP contribution in [0.1, 0.15) is 233 Å². The summed E-state index contributed by atoms with van der Waals surface area (Å²) >= 11 is 0. The smallest absolute Gasteiger partial charge is 0.249 e. The van der Waals surface area contributed by atoms with Gasteiger partial charge in [0, 0.05) is 6.92 Å². The second-order valence-electron chi connectivity index (χ2n) is 26.4. The zero-order valence-corrected chi connectivity index (χ0v) is 55.7. The van der Waals surface area contributed by atoms with Crippen LogP contribution in [0.2, 0.25) is 0 Å². The largest absolute Gasteiger partial charge is 0.394 e. The van der Waals surface area contributed by atoms with Gasteiger partial charge in [-0.25, -0.2) is 0 Å². The Morgan fingerprint density at radius 2 is 0.859 bits per heavy atom. The van der Waals surface area contributed by atoms with E-state index in [0.717, 1.165) is 64.7 Å². The monoisotopic (exact) mass is 1330 g/mol. The van der Waals surface area contributed by atoms with Crippen LogP contribution in [0.5, 0.6) is 0 Å². The Labute approximate surface area is 546 Å². The Hall–Kier alpha value is -1.94. The third-order valence-electron chi connectivity index (χ3n) is 18.5. The molecule has 4 fully saturated rings. The van der Waals surface area contributed by atoms with Gasteiger partial charge in [-0.2, -0.15) is 0 Å². The van der Waals surface area contributed by atoms with E-state index in [1.54, 1.807) is 0 Å². The van der Waals surface area contributed by atoms with E-state index >= 15 is 0 Å². The van der Waals surface area contributed by atoms with Crippen molar-refractivity contribution < 1.29 is 119 Å². The molecule has 4 aliphatic rings. The molecule has 26 nitrogen and oxygen atoms in total. The SMILES string of the molecule is CCCCCCCCCCCCCCCCCCCCC(O)C(=O)NC(COC1OC(CO)C(O)C(O)C1OC1OC(COC2OC(COC3OC(C(C)O)C(O)C3O)C(O)C(O)C2NC(C)=O)C(O)C(O)C1O)C(O)C(O)CCCCCCCCCCCCCC. The van der Waals surface area contributed by atoms with E-state index in [4.69, 9.17) is 37.9 Å². The summed E-state index contributed by atoms with van der Waals surface area (Å²) < 4.78 is 46.7. The number of nitrogens with one attached hydrogen (secondary N) is 2. The minimum absolute atomic E-state index is 0.126. The minimum Gasteiger partial charge on any atom is -0.394 e. The molecule has 2 amide bonds. The van der Waals surface area contributed by atoms with Crippen molar-refractivity contribution in [3.8, 4) is 0 Å². The van der Waals surface area contributed by atoms with Crippen molar-refractivity contribution >= 4 is 11.8 Å². The van der Waals surface area contributed by atoms with Gasteiger partial charge < -0.3 is 120 Å². The summed E-state index contributed by atoms with van der Waals surface area (Å²) in [5, 5.41) is 159. The molecule has 26 heteroatoms. The molecule has 92 heavy (non-hydrogen) atoms. The molecule has 24 unspecified atom stereocenters. The van der Waals surface area contributed by atoms with E-state index in [1.807, 2.05) is 0 Å². The van der Waals surface area contributed by atoms with Crippen LogP contribution in [-0.2, 0) is 47.5 Å². The number of aliphatic hydroxyl groups is 14. The molecule has 0 spiro atoms. The summed E-state index contributed by atoms with van der Waals surface area (Å²) in [4.78, 5) is 26.0. The first-order valence-electron chi connectivity index (χ1n) is 35.3. The fourth-order valence-electron chi connectivity index (χ4n) is 12.6. The molecule has 4 saturated heterocycles. The Balaban J connectivity index is 1.39. The molecule has 16 N–H and O–H groups in total. The maximum Gasteiger partial charge on any atom is 0.249 e. The van der Waals surface area contributed by atoms with E-state index in [0.29, 0.717) is 12.8 Å². The molecule has 0 aliphatic carbocycles. The Morgan fingerprint density at radius 3 is 1.32 bits per heavy atom. The van der Waals surface area contributed by atoms with Crippen LogP contribution < -0.4 is 10.6 Å². The molecule has 0 aromatic heterocycles. The van der Waals surface area contributed by atoms with Crippen LogP contribution in [0.25, 0.3) is 0 Å². The number of carbonyl (C=O) groups excluding carboxylic acids is 2. The zero-order chi connectivity index (χ0) is 67.5. The summed E-state index contributed by atoms with van der Waals surface area (Å²) in [7, 11) is 0. The Bertz CT molecular complexity index is 1910. The molecule has 4 aliphatic heterocycles. The van der Waals surface area contributed by atoms with E-state index < -0.39 is 185 Å². The molecule has 0 saturated carbocycles. The molecule has 0 aromatic rings. The second-order valence-corrected chi connectivity index (χ2v) is 26.4. The highest BCUT2D eigenvalue weighted by Gasteiger charge is 2.53. The molecule has 542 valence electrons. The molecular formula is C66H124N2O24. The third-order valence-corrected chi connectivity index (χ3v) is 18.5. The summed E-state index contributed by atoms with van der Waals surface area (Å²) in [5.41, 5.74) is 0. The van der Waals surface area contributed by atoms with Gasteiger partial charge in [0.1, 0.15) is 104 Å². The van der Waals surface area contributed by atoms with E-state index in [1.165, 1.54) is 129 Å². The molecule has 0 radical (unpaired) electrons. The highest BCUT2D eigenvalue weighted by molar-refractivity contribution is 5.80. The van der Waals surface area contributed by atoms with E-state index in [-0.39, 0.29) is 12.8 Å². The number of amides is 2. The normalized spacial score (nSPS) is 32.7. The molecule has 0 aromatic carbocycles. The van der Waals surface area contributed by atoms with Crippen molar-refractivity contribution in [3.05, 3.63) is 0 Å². The molecule has 24 atom stereocenters. The van der Waals surface area contributed by atoms with Gasteiger partial charge in [0.25, 0.3) is 0 Å². The van der Waals surface area contributed by atoms with Crippen molar-refractivity contribution in [1.29, 1.82) is 0 Å². The van der Waals surface area contributed by atoms with Crippen LogP contribution in [-0.4, -0.2) is 257 Å². The molecule has 4 heterocycles. The summed E-state index contributed by atoms with van der Waals surface area (Å²) in [6, 6.07) is -2.91. The van der Waals surface area contributed by atoms with Gasteiger partial charge >= 0.3 is 0 Å². The number of ether oxygens (including phenoxy) is 8. The molecule has 0 bridgehead atoms. The average Bonchev–Trinajstić information content (AvgIpc) is 1.15. The van der Waals surface area contributed by atoms with Gasteiger partial charge in [-0.05, 0) is 19.8 Å². The molecule has 4 rings (SSSR count). The first-order valence-corrected chi connectivity index (χ1v) is 35.3. The van der Waals surface area contributed by atoms with Crippen LogP contribution >= 0.6 is 0 Å². The van der Waals surface area contributed by atoms with Gasteiger partial charge in [0.15, 0.2) is 25.2 Å². The van der Waals surface area contributed by atoms with Gasteiger partial charge in [-0.3, -0.25) is 9.59 Å². The van der Waals surface area contributed by atoms with Crippen molar-refractivity contribution in [3.63, 3.8) is 0 Å². The first kappa shape index (κ1) is 82.5. The highest BCUT2D eigenvalue weighted by atomic mass is 16.8. The quantitative estimate of drug-likeness (QED) is 0.0389. The number of carbonyl (C=O) groups is 2. The van der Waals surface area contributed by atoms with Crippen molar-refractivity contribution in [2.24, 2.45) is 0 Å². The lowest BCUT2D eigenvalue weighted by molar-refractivity contribution is -0.371. The summed E-state index contributed by atoms with van der Waals surface area (Å²) in [6.07, 6.45) is -2.55. The number of aliphatic hydroxyl groups excluding tert-OH is 14. The topological polar surface area (TPSA) is 415 Å². The third kappa shape index (κ3) is 28.5. The van der Waals surface area contributed by atoms with E-state index in [9.17, 15) is 81.1 Å². The second kappa shape index (κ2) is 46.4. The highest BCUT2D eigenvalue weighted by Crippen LogP contribution is 2.33. The van der Waals surface area contributed by atoms with Crippen molar-refractivity contribution in [1.82, 2.24) is 10.6 Å². The van der Waals surface area contributed by atoms with Gasteiger partial charge in [-0.15, -0.1) is 0 Å². The standard InChI is InChI=1S/C66H124N2O24/c1-5-7-9-11-13-15-17-19-20-21-22-23-24-26-28-30-32-34-36-45(73)62(84)68-43(50(74)44(72)35-33-31-29-27-25-18-16-14-12-10-8-6-2)38-85-66-61(56(80)51(75)46(37-69)88-66)92-65-58(82)55(79)53(77)48(90-65)39-86-63-49(67-42(4)71)54(78)52(76)47(89-63)40-87-64-59(83)57(81)60(91-64)41(3)70/h41,43-61,63-66,69-70,72-83H,5-40H2,1-4H3,(H,67,71)(H,68,84). The van der Waals surface area contributed by atoms with Crippen molar-refractivity contribution in [2.75, 3.05) is 26.4 Å². The number of unbranched alkanes of at least 4 members (excludes halogenated alkanes) is 28. The Morgan fingerprint density at radius 1 is 0.446 bits per heavy atom. The van der Waals surface area contributed by atoms with E-state index in [2.05, 4.69) is 24.5 Å². The lowest BCUT2D eigenvalue weighted by Crippen LogP contribution is -2.66. The van der Waals surface area contributed by atoms with Gasteiger partial charge in [-0.1, -0.05) is 206 Å². The zero-order valence-electron chi connectivity index (χ0n) is 55.7. The fourth-order valence-corrected chi connectivity index (χ4v) is 12.6. The predicted octanol–water partition coefficient (Wildman–Crippen LogP) is 2.54. The van der Waals surface area contributed by atoms with Crippen molar-refractivity contribution in [2.45, 2.75) is 380 Å².